The predicted molar refractivity (Wildman–Crippen MR) is 159 cm³/mol. The molecule has 0 unspecified atom stereocenters. The first-order chi connectivity index (χ1) is 18.7. The van der Waals surface area contributed by atoms with Crippen LogP contribution < -0.4 is 0 Å². The number of fused-ring (bicyclic) bond motifs is 2. The van der Waals surface area contributed by atoms with Gasteiger partial charge in [-0.15, -0.1) is 0 Å². The lowest BCUT2D eigenvalue weighted by atomic mass is 9.28. The van der Waals surface area contributed by atoms with Crippen LogP contribution in [0.3, 0.4) is 0 Å². The molecule has 2 heterocycles. The van der Waals surface area contributed by atoms with Gasteiger partial charge in [-0.2, -0.15) is 17.6 Å². The molecule has 6 nitrogen and oxygen atoms in total. The largest absolute Gasteiger partial charge is 0.397 e. The summed E-state index contributed by atoms with van der Waals surface area (Å²) in [5.41, 5.74) is 3.34. The van der Waals surface area contributed by atoms with Crippen LogP contribution in [-0.2, 0) is 15.2 Å². The average Bonchev–Trinajstić information content (AvgIpc) is 3.47. The van der Waals surface area contributed by atoms with E-state index in [1.165, 1.54) is 30.5 Å². The molecule has 194 valence electrons. The van der Waals surface area contributed by atoms with Gasteiger partial charge in [-0.25, -0.2) is 4.39 Å². The molecule has 1 N–H and O–H groups in total. The number of rotatable bonds is 7. The van der Waals surface area contributed by atoms with Crippen molar-refractivity contribution in [1.82, 2.24) is 13.8 Å². The Morgan fingerprint density at radius 2 is 1.60 bits per heavy atom. The molecule has 40 heavy (non-hydrogen) atoms. The molecule has 8 radical (unpaired) electrons. The van der Waals surface area contributed by atoms with Crippen LogP contribution in [0.4, 0.5) is 4.39 Å². The van der Waals surface area contributed by atoms with Gasteiger partial charge in [-0.1, -0.05) is 42.0 Å². The molecule has 5 aromatic rings. The summed E-state index contributed by atoms with van der Waals surface area (Å²) in [5.74, 6) is -0.615. The smallest absolute Gasteiger partial charge is 0.283 e. The van der Waals surface area contributed by atoms with Gasteiger partial charge in [0.05, 0.1) is 53.5 Å². The highest BCUT2D eigenvalue weighted by molar-refractivity contribution is 7.90. The lowest BCUT2D eigenvalue weighted by Crippen LogP contribution is -2.45. The van der Waals surface area contributed by atoms with Crippen molar-refractivity contribution in [2.45, 2.75) is 42.0 Å². The minimum atomic E-state index is -4.06. The zero-order valence-corrected chi connectivity index (χ0v) is 23.2. The first kappa shape index (κ1) is 28.3. The summed E-state index contributed by atoms with van der Waals surface area (Å²) in [5, 5.41) is 11.3. The summed E-state index contributed by atoms with van der Waals surface area (Å²) in [7, 11) is 21.7. The third-order valence-corrected chi connectivity index (χ3v) is 8.90. The number of aliphatic hydroxyl groups is 1. The molecule has 5 rings (SSSR count). The van der Waals surface area contributed by atoms with Gasteiger partial charge in [0.25, 0.3) is 10.0 Å². The van der Waals surface area contributed by atoms with Gasteiger partial charge in [0.15, 0.2) is 0 Å². The normalized spacial score (nSPS) is 13.1. The highest BCUT2D eigenvalue weighted by atomic mass is 32.2. The molecule has 0 bridgehead atoms. The molecule has 2 aromatic heterocycles. The second-order valence-corrected chi connectivity index (χ2v) is 12.3. The van der Waals surface area contributed by atoms with Crippen LogP contribution in [0.1, 0.15) is 36.6 Å². The Balaban J connectivity index is 1.91. The maximum atomic E-state index is 13.9. The molecule has 0 saturated heterocycles. The molecule has 0 saturated carbocycles. The van der Waals surface area contributed by atoms with Crippen LogP contribution in [0.2, 0.25) is 5.21 Å². The van der Waals surface area contributed by atoms with Crippen molar-refractivity contribution < 1.29 is 17.9 Å². The molecule has 0 fully saturated rings. The molecule has 0 atom stereocenters. The molecule has 0 aliphatic rings. The number of aryl methyl sites for hydroxylation is 1. The number of benzene rings is 3. The number of nitrogens with zero attached hydrogens (tertiary/aromatic N) is 3. The Bertz CT molecular complexity index is 1850. The van der Waals surface area contributed by atoms with Crippen LogP contribution >= 0.6 is 0 Å². The summed E-state index contributed by atoms with van der Waals surface area (Å²) in [4.78, 5) is 0.0744. The second kappa shape index (κ2) is 9.70. The molecule has 0 aliphatic carbocycles. The standard InChI is InChI=1S/C28H24B4FN3O3S/c1-16(2)26-25(28(31,32)27(29,30)15-37)22-13-23-18(12-24(22)35(26)20-8-6-19(33)7-9-20)14-34-36(23)40(38,39)21-10-4-17(3)5-11-21/h4-14,16,37H,15H2,1-3H3. The van der Waals surface area contributed by atoms with Gasteiger partial charge < -0.3 is 9.67 Å². The first-order valence-electron chi connectivity index (χ1n) is 12.6. The van der Waals surface area contributed by atoms with E-state index < -0.39 is 32.9 Å². The minimum absolute atomic E-state index is 0.0744. The van der Waals surface area contributed by atoms with Gasteiger partial charge in [0.2, 0.25) is 0 Å². The number of aliphatic hydroxyl groups excluding tert-OH is 1. The highest BCUT2D eigenvalue weighted by Gasteiger charge is 2.41. The fourth-order valence-corrected chi connectivity index (χ4v) is 6.29. The summed E-state index contributed by atoms with van der Waals surface area (Å²) in [6.45, 7) is 4.97. The fourth-order valence-electron chi connectivity index (χ4n) is 5.02. The van der Waals surface area contributed by atoms with Crippen molar-refractivity contribution in [3.05, 3.63) is 89.5 Å². The number of aromatic nitrogens is 3. The van der Waals surface area contributed by atoms with Gasteiger partial charge >= 0.3 is 0 Å². The van der Waals surface area contributed by atoms with Gasteiger partial charge in [-0.3, -0.25) is 0 Å². The van der Waals surface area contributed by atoms with Gasteiger partial charge in [-0.05, 0) is 66.9 Å². The van der Waals surface area contributed by atoms with E-state index in [1.54, 1.807) is 36.4 Å². The van der Waals surface area contributed by atoms with Gasteiger partial charge in [0.1, 0.15) is 5.82 Å². The predicted octanol–water partition coefficient (Wildman–Crippen LogP) is 3.72. The zero-order valence-electron chi connectivity index (χ0n) is 22.3. The summed E-state index contributed by atoms with van der Waals surface area (Å²) < 4.78 is 43.9. The molecule has 0 spiro atoms. The number of hydrogen-bond acceptors (Lipinski definition) is 4. The van der Waals surface area contributed by atoms with Crippen molar-refractivity contribution in [2.75, 3.05) is 6.61 Å². The Hall–Kier alpha value is -3.23. The summed E-state index contributed by atoms with van der Waals surface area (Å²) in [6, 6.07) is 15.7. The van der Waals surface area contributed by atoms with E-state index in [0.29, 0.717) is 33.2 Å². The fraction of sp³-hybridized carbons (Fsp3) is 0.250. The summed E-state index contributed by atoms with van der Waals surface area (Å²) >= 11 is 0. The molecule has 0 amide bonds. The topological polar surface area (TPSA) is 77.1 Å². The third-order valence-electron chi connectivity index (χ3n) is 7.28. The zero-order chi connectivity index (χ0) is 29.2. The molecular formula is C28H24B4FN3O3S. The number of halogens is 1. The van der Waals surface area contributed by atoms with E-state index in [-0.39, 0.29) is 16.3 Å². The minimum Gasteiger partial charge on any atom is -0.397 e. The summed E-state index contributed by atoms with van der Waals surface area (Å²) in [6.07, 6.45) is 1.46. The van der Waals surface area contributed by atoms with Crippen LogP contribution in [0.15, 0.2) is 71.8 Å². The lowest BCUT2D eigenvalue weighted by molar-refractivity contribution is 0.266. The lowest BCUT2D eigenvalue weighted by Gasteiger charge is -2.44. The molecule has 12 heteroatoms. The molecule has 3 aromatic carbocycles. The van der Waals surface area contributed by atoms with E-state index in [2.05, 4.69) is 5.10 Å². The monoisotopic (exact) mass is 545 g/mol. The highest BCUT2D eigenvalue weighted by Crippen LogP contribution is 2.47. The van der Waals surface area contributed by atoms with Gasteiger partial charge in [0, 0.05) is 28.8 Å². The van der Waals surface area contributed by atoms with Crippen LogP contribution in [0.25, 0.3) is 27.5 Å². The third kappa shape index (κ3) is 4.32. The quantitative estimate of drug-likeness (QED) is 0.317. The Labute approximate surface area is 238 Å². The Kier molecular flexibility index (Phi) is 6.86. The van der Waals surface area contributed by atoms with E-state index in [9.17, 15) is 17.9 Å². The van der Waals surface area contributed by atoms with Crippen LogP contribution in [0, 0.1) is 12.7 Å². The van der Waals surface area contributed by atoms with E-state index in [4.69, 9.17) is 31.4 Å². The Morgan fingerprint density at radius 1 is 0.975 bits per heavy atom. The molecular weight excluding hydrogens is 521 g/mol. The van der Waals surface area contributed by atoms with E-state index >= 15 is 0 Å². The van der Waals surface area contributed by atoms with E-state index in [1.807, 2.05) is 25.3 Å². The van der Waals surface area contributed by atoms with Crippen molar-refractivity contribution in [1.29, 1.82) is 0 Å². The van der Waals surface area contributed by atoms with E-state index in [0.717, 1.165) is 9.65 Å². The van der Waals surface area contributed by atoms with Crippen molar-refractivity contribution in [3.8, 4) is 5.69 Å². The van der Waals surface area contributed by atoms with Crippen LogP contribution in [0.5, 0.6) is 0 Å². The maximum Gasteiger partial charge on any atom is 0.283 e. The number of hydrogen-bond donors (Lipinski definition) is 1. The first-order valence-corrected chi connectivity index (χ1v) is 14.1. The van der Waals surface area contributed by atoms with Crippen molar-refractivity contribution in [3.63, 3.8) is 0 Å². The second-order valence-electron chi connectivity index (χ2n) is 10.5. The maximum absolute atomic E-state index is 13.9. The Morgan fingerprint density at radius 3 is 2.17 bits per heavy atom. The van der Waals surface area contributed by atoms with Crippen LogP contribution in [-0.4, -0.2) is 65.3 Å². The average molecular weight is 545 g/mol. The van der Waals surface area contributed by atoms with Crippen molar-refractivity contribution in [2.24, 2.45) is 0 Å². The SMILES string of the molecule is [B]C([B])(CO)C([B])([B])c1c(C(C)C)n(-c2ccc(F)cc2)c2cc3cnn(S(=O)(=O)c4ccc(C)cc4)c3cc12. The van der Waals surface area contributed by atoms with Crippen molar-refractivity contribution >= 4 is 63.2 Å². The molecule has 0 aliphatic heterocycles.